The van der Waals surface area contributed by atoms with E-state index >= 15 is 0 Å². The largest absolute Gasteiger partial charge is 0.497 e. The normalized spacial score (nSPS) is 11.9. The number of aryl methyl sites for hydroxylation is 2. The average molecular weight is 566 g/mol. The maximum Gasteiger partial charge on any atom is 0.264 e. The molecule has 214 valence electrons. The molecule has 2 amide bonds. The number of benzene rings is 3. The maximum atomic E-state index is 14.1. The van der Waals surface area contributed by atoms with Crippen LogP contribution in [0.15, 0.2) is 77.7 Å². The molecule has 0 aliphatic carbocycles. The molecular weight excluding hydrogens is 526 g/mol. The van der Waals surface area contributed by atoms with Crippen molar-refractivity contribution in [3.8, 4) is 5.75 Å². The topological polar surface area (TPSA) is 96.0 Å². The number of hydrogen-bond donors (Lipinski definition) is 1. The fourth-order valence-corrected chi connectivity index (χ4v) is 5.77. The van der Waals surface area contributed by atoms with Gasteiger partial charge in [0.1, 0.15) is 18.3 Å². The summed E-state index contributed by atoms with van der Waals surface area (Å²) in [5.41, 5.74) is 3.08. The van der Waals surface area contributed by atoms with E-state index in [4.69, 9.17) is 4.74 Å². The highest BCUT2D eigenvalue weighted by Gasteiger charge is 2.33. The number of ether oxygens (including phenoxy) is 1. The molecule has 8 nitrogen and oxygen atoms in total. The third kappa shape index (κ3) is 7.41. The molecule has 0 spiro atoms. The summed E-state index contributed by atoms with van der Waals surface area (Å²) >= 11 is 0. The van der Waals surface area contributed by atoms with Crippen molar-refractivity contribution in [1.29, 1.82) is 0 Å². The molecule has 3 rings (SSSR count). The van der Waals surface area contributed by atoms with E-state index in [0.29, 0.717) is 24.4 Å². The highest BCUT2D eigenvalue weighted by atomic mass is 32.2. The van der Waals surface area contributed by atoms with Gasteiger partial charge in [0.15, 0.2) is 0 Å². The van der Waals surface area contributed by atoms with Crippen molar-refractivity contribution in [2.75, 3.05) is 24.5 Å². The number of hydrogen-bond acceptors (Lipinski definition) is 5. The molecule has 0 aliphatic rings. The standard InChI is InChI=1S/C31H39N3O5S/c1-6-19-32-31(36)29(7-2)33(21-25-14-17-27(39-5)18-15-25)30(35)22-34(26-16-13-23(3)24(4)20-26)40(37,38)28-11-9-8-10-12-28/h8-18,20,29H,6-7,19,21-22H2,1-5H3,(H,32,36)/t29-/m1/s1. The van der Waals surface area contributed by atoms with E-state index in [1.807, 2.05) is 45.9 Å². The molecule has 0 bridgehead atoms. The molecule has 0 saturated heterocycles. The Bertz CT molecular complexity index is 1390. The van der Waals surface area contributed by atoms with Gasteiger partial charge in [0.25, 0.3) is 10.0 Å². The zero-order chi connectivity index (χ0) is 29.3. The average Bonchev–Trinajstić information content (AvgIpc) is 2.96. The number of nitrogens with zero attached hydrogens (tertiary/aromatic N) is 2. The summed E-state index contributed by atoms with van der Waals surface area (Å²) in [4.78, 5) is 28.8. The number of anilines is 1. The third-order valence-electron chi connectivity index (χ3n) is 6.84. The number of sulfonamides is 1. The van der Waals surface area contributed by atoms with Gasteiger partial charge in [-0.2, -0.15) is 0 Å². The van der Waals surface area contributed by atoms with Crippen molar-refractivity contribution in [2.24, 2.45) is 0 Å². The Morgan fingerprint density at radius 3 is 2.17 bits per heavy atom. The maximum absolute atomic E-state index is 14.1. The molecule has 0 heterocycles. The zero-order valence-electron chi connectivity index (χ0n) is 23.9. The Kier molecular flexibility index (Phi) is 10.7. The van der Waals surface area contributed by atoms with Crippen LogP contribution in [-0.2, 0) is 26.2 Å². The van der Waals surface area contributed by atoms with Gasteiger partial charge in [-0.25, -0.2) is 8.42 Å². The van der Waals surface area contributed by atoms with E-state index in [2.05, 4.69) is 5.32 Å². The number of nitrogens with one attached hydrogen (secondary N) is 1. The van der Waals surface area contributed by atoms with Crippen LogP contribution in [0.5, 0.6) is 5.75 Å². The van der Waals surface area contributed by atoms with Gasteiger partial charge in [-0.15, -0.1) is 0 Å². The van der Waals surface area contributed by atoms with Crippen LogP contribution in [0.4, 0.5) is 5.69 Å². The SMILES string of the molecule is CCCNC(=O)[C@@H](CC)N(Cc1ccc(OC)cc1)C(=O)CN(c1ccc(C)c(C)c1)S(=O)(=O)c1ccccc1. The first-order valence-corrected chi connectivity index (χ1v) is 14.9. The summed E-state index contributed by atoms with van der Waals surface area (Å²) in [5.74, 6) is -0.0777. The lowest BCUT2D eigenvalue weighted by atomic mass is 10.1. The van der Waals surface area contributed by atoms with Crippen LogP contribution >= 0.6 is 0 Å². The molecule has 1 atom stereocenters. The molecule has 40 heavy (non-hydrogen) atoms. The minimum absolute atomic E-state index is 0.0791. The Morgan fingerprint density at radius 2 is 1.60 bits per heavy atom. The molecule has 1 N–H and O–H groups in total. The predicted molar refractivity (Wildman–Crippen MR) is 158 cm³/mol. The fourth-order valence-electron chi connectivity index (χ4n) is 4.34. The van der Waals surface area contributed by atoms with E-state index in [9.17, 15) is 18.0 Å². The Balaban J connectivity index is 2.05. The monoisotopic (exact) mass is 565 g/mol. The Morgan fingerprint density at radius 1 is 0.925 bits per heavy atom. The van der Waals surface area contributed by atoms with Gasteiger partial charge in [0, 0.05) is 13.1 Å². The van der Waals surface area contributed by atoms with Crippen molar-refractivity contribution in [1.82, 2.24) is 10.2 Å². The number of carbonyl (C=O) groups is 2. The van der Waals surface area contributed by atoms with Crippen LogP contribution < -0.4 is 14.4 Å². The van der Waals surface area contributed by atoms with E-state index in [0.717, 1.165) is 27.4 Å². The first-order chi connectivity index (χ1) is 19.1. The van der Waals surface area contributed by atoms with E-state index in [1.165, 1.54) is 17.0 Å². The molecule has 0 saturated carbocycles. The Hall–Kier alpha value is -3.85. The van der Waals surface area contributed by atoms with Crippen molar-refractivity contribution < 1.29 is 22.7 Å². The molecule has 0 aromatic heterocycles. The second kappa shape index (κ2) is 14.0. The van der Waals surface area contributed by atoms with Crippen LogP contribution in [0.3, 0.4) is 0 Å². The number of methoxy groups -OCH3 is 1. The van der Waals surface area contributed by atoms with E-state index in [-0.39, 0.29) is 17.3 Å². The molecule has 0 fully saturated rings. The van der Waals surface area contributed by atoms with Gasteiger partial charge in [-0.05, 0) is 79.8 Å². The lowest BCUT2D eigenvalue weighted by Crippen LogP contribution is -2.52. The highest BCUT2D eigenvalue weighted by molar-refractivity contribution is 7.92. The van der Waals surface area contributed by atoms with Crippen LogP contribution in [-0.4, -0.2) is 51.4 Å². The van der Waals surface area contributed by atoms with Crippen molar-refractivity contribution in [3.05, 3.63) is 89.5 Å². The highest BCUT2D eigenvalue weighted by Crippen LogP contribution is 2.27. The number of amides is 2. The quantitative estimate of drug-likeness (QED) is 0.320. The van der Waals surface area contributed by atoms with Crippen molar-refractivity contribution in [3.63, 3.8) is 0 Å². The van der Waals surface area contributed by atoms with Gasteiger partial charge in [0.2, 0.25) is 11.8 Å². The lowest BCUT2D eigenvalue weighted by molar-refractivity contribution is -0.140. The fraction of sp³-hybridized carbons (Fsp3) is 0.355. The minimum atomic E-state index is -4.09. The van der Waals surface area contributed by atoms with Crippen molar-refractivity contribution >= 4 is 27.5 Å². The van der Waals surface area contributed by atoms with Gasteiger partial charge in [-0.1, -0.05) is 50.2 Å². The second-order valence-electron chi connectivity index (χ2n) is 9.68. The van der Waals surface area contributed by atoms with Crippen LogP contribution in [0, 0.1) is 13.8 Å². The molecule has 0 aliphatic heterocycles. The minimum Gasteiger partial charge on any atom is -0.497 e. The van der Waals surface area contributed by atoms with E-state index in [1.54, 1.807) is 49.6 Å². The number of carbonyl (C=O) groups excluding carboxylic acids is 2. The van der Waals surface area contributed by atoms with Crippen molar-refractivity contribution in [2.45, 2.75) is 58.0 Å². The third-order valence-corrected chi connectivity index (χ3v) is 8.62. The summed E-state index contributed by atoms with van der Waals surface area (Å²) in [5, 5.41) is 2.89. The van der Waals surface area contributed by atoms with Gasteiger partial charge in [0.05, 0.1) is 17.7 Å². The molecule has 0 radical (unpaired) electrons. The summed E-state index contributed by atoms with van der Waals surface area (Å²) in [6, 6.07) is 19.8. The van der Waals surface area contributed by atoms with Gasteiger partial charge < -0.3 is 15.0 Å². The van der Waals surface area contributed by atoms with Gasteiger partial charge in [-0.3, -0.25) is 13.9 Å². The summed E-state index contributed by atoms with van der Waals surface area (Å²) < 4.78 is 34.2. The van der Waals surface area contributed by atoms with Crippen LogP contribution in [0.1, 0.15) is 43.4 Å². The smallest absolute Gasteiger partial charge is 0.264 e. The summed E-state index contributed by atoms with van der Waals surface area (Å²) in [6.45, 7) is 7.79. The first-order valence-electron chi connectivity index (χ1n) is 13.5. The van der Waals surface area contributed by atoms with Gasteiger partial charge >= 0.3 is 0 Å². The molecule has 0 unspecified atom stereocenters. The molecular formula is C31H39N3O5S. The summed E-state index contributed by atoms with van der Waals surface area (Å²) in [7, 11) is -2.52. The Labute approximate surface area is 238 Å². The molecule has 9 heteroatoms. The predicted octanol–water partition coefficient (Wildman–Crippen LogP) is 4.84. The zero-order valence-corrected chi connectivity index (χ0v) is 24.7. The molecule has 3 aromatic rings. The van der Waals surface area contributed by atoms with Crippen LogP contribution in [0.2, 0.25) is 0 Å². The molecule has 3 aromatic carbocycles. The van der Waals surface area contributed by atoms with E-state index < -0.39 is 28.5 Å². The first kappa shape index (κ1) is 30.7. The lowest BCUT2D eigenvalue weighted by Gasteiger charge is -2.33. The second-order valence-corrected chi connectivity index (χ2v) is 11.5. The number of rotatable bonds is 13. The van der Waals surface area contributed by atoms with Crippen LogP contribution in [0.25, 0.3) is 0 Å². The summed E-state index contributed by atoms with van der Waals surface area (Å²) in [6.07, 6.45) is 1.12.